The van der Waals surface area contributed by atoms with Crippen LogP contribution in [-0.2, 0) is 4.74 Å². The van der Waals surface area contributed by atoms with Gasteiger partial charge in [0, 0.05) is 19.0 Å². The molecule has 84 valence electrons. The lowest BCUT2D eigenvalue weighted by atomic mass is 9.99. The molecule has 0 aromatic rings. The molecule has 0 saturated carbocycles. The van der Waals surface area contributed by atoms with E-state index in [2.05, 4.69) is 11.8 Å². The predicted octanol–water partition coefficient (Wildman–Crippen LogP) is 2.36. The number of hydrogen-bond acceptors (Lipinski definition) is 2. The highest BCUT2D eigenvalue weighted by Gasteiger charge is 2.17. The lowest BCUT2D eigenvalue weighted by molar-refractivity contribution is 0.0906. The van der Waals surface area contributed by atoms with Gasteiger partial charge < -0.3 is 9.64 Å². The first-order valence-electron chi connectivity index (χ1n) is 5.73. The maximum absolute atomic E-state index is 5.83. The van der Waals surface area contributed by atoms with Gasteiger partial charge in [0.2, 0.25) is 0 Å². The van der Waals surface area contributed by atoms with Gasteiger partial charge in [0.15, 0.2) is 0 Å². The first-order valence-corrected chi connectivity index (χ1v) is 6.26. The summed E-state index contributed by atoms with van der Waals surface area (Å²) < 4.78 is 5.47. The molecule has 0 radical (unpaired) electrons. The van der Waals surface area contributed by atoms with E-state index in [1.54, 1.807) is 0 Å². The normalized spacial score (nSPS) is 20.1. The molecule has 1 aliphatic rings. The minimum Gasteiger partial charge on any atom is -0.380 e. The number of nitrogens with zero attached hydrogens (tertiary/aromatic N) is 1. The monoisotopic (exact) mass is 219 g/mol. The van der Waals surface area contributed by atoms with Crippen LogP contribution in [0.15, 0.2) is 0 Å². The Labute approximate surface area is 92.6 Å². The zero-order chi connectivity index (χ0) is 10.2. The van der Waals surface area contributed by atoms with E-state index in [0.29, 0.717) is 0 Å². The molecule has 0 aromatic heterocycles. The fraction of sp³-hybridized carbons (Fsp3) is 1.00. The van der Waals surface area contributed by atoms with Crippen LogP contribution in [-0.4, -0.2) is 43.6 Å². The Morgan fingerprint density at radius 2 is 2.00 bits per heavy atom. The predicted molar refractivity (Wildman–Crippen MR) is 61.0 cm³/mol. The van der Waals surface area contributed by atoms with Gasteiger partial charge in [-0.25, -0.2) is 0 Å². The second kappa shape index (κ2) is 7.49. The third-order valence-electron chi connectivity index (χ3n) is 2.83. The lowest BCUT2D eigenvalue weighted by Gasteiger charge is -2.30. The van der Waals surface area contributed by atoms with Gasteiger partial charge in [-0.2, -0.15) is 0 Å². The van der Waals surface area contributed by atoms with Gasteiger partial charge in [0.1, 0.15) is 0 Å². The molecule has 3 heteroatoms. The van der Waals surface area contributed by atoms with Crippen molar-refractivity contribution in [3.05, 3.63) is 0 Å². The maximum Gasteiger partial charge on any atom is 0.0593 e. The highest BCUT2D eigenvalue weighted by molar-refractivity contribution is 6.18. The van der Waals surface area contributed by atoms with Crippen LogP contribution in [0.3, 0.4) is 0 Å². The highest BCUT2D eigenvalue weighted by atomic mass is 35.5. The number of rotatable bonds is 6. The van der Waals surface area contributed by atoms with Gasteiger partial charge in [0.25, 0.3) is 0 Å². The summed E-state index contributed by atoms with van der Waals surface area (Å²) in [6, 6.07) is 0. The van der Waals surface area contributed by atoms with E-state index in [0.717, 1.165) is 38.0 Å². The molecule has 0 unspecified atom stereocenters. The molecule has 0 spiro atoms. The number of halogens is 1. The third-order valence-corrected chi connectivity index (χ3v) is 3.26. The molecular weight excluding hydrogens is 198 g/mol. The van der Waals surface area contributed by atoms with Crippen LogP contribution in [0.5, 0.6) is 0 Å². The average molecular weight is 220 g/mol. The highest BCUT2D eigenvalue weighted by Crippen LogP contribution is 2.17. The SMILES string of the molecule is CCCOCCN1CCC(CCl)CC1. The van der Waals surface area contributed by atoms with E-state index >= 15 is 0 Å². The van der Waals surface area contributed by atoms with Crippen LogP contribution in [0.4, 0.5) is 0 Å². The Balaban J connectivity index is 1.98. The Hall–Kier alpha value is 0.210. The van der Waals surface area contributed by atoms with E-state index in [1.807, 2.05) is 0 Å². The van der Waals surface area contributed by atoms with Crippen molar-refractivity contribution < 1.29 is 4.74 Å². The Kier molecular flexibility index (Phi) is 6.57. The number of likely N-dealkylation sites (tertiary alicyclic amines) is 1. The smallest absolute Gasteiger partial charge is 0.0593 e. The van der Waals surface area contributed by atoms with Crippen LogP contribution < -0.4 is 0 Å². The fourth-order valence-electron chi connectivity index (χ4n) is 1.80. The molecule has 0 aromatic carbocycles. The molecule has 2 nitrogen and oxygen atoms in total. The van der Waals surface area contributed by atoms with Crippen LogP contribution in [0.2, 0.25) is 0 Å². The van der Waals surface area contributed by atoms with Crippen molar-refractivity contribution in [2.75, 3.05) is 38.7 Å². The van der Waals surface area contributed by atoms with Gasteiger partial charge in [-0.05, 0) is 38.3 Å². The Bertz CT molecular complexity index is 135. The molecule has 1 aliphatic heterocycles. The Morgan fingerprint density at radius 1 is 1.29 bits per heavy atom. The quantitative estimate of drug-likeness (QED) is 0.503. The largest absolute Gasteiger partial charge is 0.380 e. The van der Waals surface area contributed by atoms with Crippen molar-refractivity contribution >= 4 is 11.6 Å². The zero-order valence-corrected chi connectivity index (χ0v) is 9.93. The Morgan fingerprint density at radius 3 is 2.57 bits per heavy atom. The molecule has 0 N–H and O–H groups in total. The third kappa shape index (κ3) is 4.63. The number of ether oxygens (including phenoxy) is 1. The molecule has 14 heavy (non-hydrogen) atoms. The first kappa shape index (κ1) is 12.3. The van der Waals surface area contributed by atoms with Gasteiger partial charge in [-0.3, -0.25) is 0 Å². The van der Waals surface area contributed by atoms with Crippen LogP contribution in [0.1, 0.15) is 26.2 Å². The molecule has 1 saturated heterocycles. The van der Waals surface area contributed by atoms with Gasteiger partial charge >= 0.3 is 0 Å². The summed E-state index contributed by atoms with van der Waals surface area (Å²) in [5.74, 6) is 1.59. The molecule has 1 rings (SSSR count). The summed E-state index contributed by atoms with van der Waals surface area (Å²) in [6.45, 7) is 7.43. The van der Waals surface area contributed by atoms with E-state index in [1.165, 1.54) is 25.9 Å². The molecule has 0 atom stereocenters. The zero-order valence-electron chi connectivity index (χ0n) is 9.17. The van der Waals surface area contributed by atoms with Crippen molar-refractivity contribution in [2.45, 2.75) is 26.2 Å². The second-order valence-electron chi connectivity index (χ2n) is 4.05. The molecule has 0 amide bonds. The van der Waals surface area contributed by atoms with Crippen molar-refractivity contribution in [1.29, 1.82) is 0 Å². The minimum atomic E-state index is 0.754. The summed E-state index contributed by atoms with van der Waals surface area (Å²) in [7, 11) is 0. The van der Waals surface area contributed by atoms with Crippen molar-refractivity contribution in [2.24, 2.45) is 5.92 Å². The average Bonchev–Trinajstić information content (AvgIpc) is 2.25. The van der Waals surface area contributed by atoms with Gasteiger partial charge in [-0.1, -0.05) is 6.92 Å². The van der Waals surface area contributed by atoms with Crippen molar-refractivity contribution in [1.82, 2.24) is 4.90 Å². The van der Waals surface area contributed by atoms with E-state index < -0.39 is 0 Å². The molecular formula is C11H22ClNO. The van der Waals surface area contributed by atoms with E-state index in [4.69, 9.17) is 16.3 Å². The molecule has 1 heterocycles. The molecule has 0 aliphatic carbocycles. The summed E-state index contributed by atoms with van der Waals surface area (Å²) in [5, 5.41) is 0. The number of piperidine rings is 1. The lowest BCUT2D eigenvalue weighted by Crippen LogP contribution is -2.36. The maximum atomic E-state index is 5.83. The van der Waals surface area contributed by atoms with Crippen LogP contribution in [0, 0.1) is 5.92 Å². The van der Waals surface area contributed by atoms with E-state index in [9.17, 15) is 0 Å². The van der Waals surface area contributed by atoms with Gasteiger partial charge in [0.05, 0.1) is 6.61 Å². The number of alkyl halides is 1. The molecule has 1 fully saturated rings. The summed E-state index contributed by atoms with van der Waals surface area (Å²) >= 11 is 5.83. The molecule has 0 bridgehead atoms. The van der Waals surface area contributed by atoms with E-state index in [-0.39, 0.29) is 0 Å². The van der Waals surface area contributed by atoms with Crippen LogP contribution in [0.25, 0.3) is 0 Å². The number of hydrogen-bond donors (Lipinski definition) is 0. The standard InChI is InChI=1S/C11H22ClNO/c1-2-8-14-9-7-13-5-3-11(10-12)4-6-13/h11H,2-10H2,1H3. The summed E-state index contributed by atoms with van der Waals surface area (Å²) in [5.41, 5.74) is 0. The second-order valence-corrected chi connectivity index (χ2v) is 4.36. The minimum absolute atomic E-state index is 0.754. The van der Waals surface area contributed by atoms with Crippen molar-refractivity contribution in [3.63, 3.8) is 0 Å². The van der Waals surface area contributed by atoms with Crippen molar-refractivity contribution in [3.8, 4) is 0 Å². The summed E-state index contributed by atoms with van der Waals surface area (Å²) in [4.78, 5) is 2.48. The fourth-order valence-corrected chi connectivity index (χ4v) is 2.11. The van der Waals surface area contributed by atoms with Crippen LogP contribution >= 0.6 is 11.6 Å². The topological polar surface area (TPSA) is 12.5 Å². The first-order chi connectivity index (χ1) is 6.86. The van der Waals surface area contributed by atoms with Gasteiger partial charge in [-0.15, -0.1) is 11.6 Å². The summed E-state index contributed by atoms with van der Waals surface area (Å²) in [6.07, 6.45) is 3.64.